The van der Waals surface area contributed by atoms with Gasteiger partial charge in [0.2, 0.25) is 0 Å². The molecule has 0 atom stereocenters. The Bertz CT molecular complexity index is 263. The minimum absolute atomic E-state index is 0.775. The van der Waals surface area contributed by atoms with Crippen molar-refractivity contribution in [1.82, 2.24) is 0 Å². The van der Waals surface area contributed by atoms with Crippen molar-refractivity contribution in [2.45, 2.75) is 13.3 Å². The van der Waals surface area contributed by atoms with E-state index in [0.717, 1.165) is 22.6 Å². The second-order valence-corrected chi connectivity index (χ2v) is 2.90. The van der Waals surface area contributed by atoms with Crippen LogP contribution < -0.4 is 0 Å². The van der Waals surface area contributed by atoms with Crippen LogP contribution in [0.3, 0.4) is 0 Å². The Balaban J connectivity index is 2.96. The van der Waals surface area contributed by atoms with Gasteiger partial charge in [0.05, 0.1) is 0 Å². The number of halogens is 1. The van der Waals surface area contributed by atoms with Crippen molar-refractivity contribution in [3.63, 3.8) is 0 Å². The second-order valence-electron chi connectivity index (χ2n) is 2.47. The van der Waals surface area contributed by atoms with Crippen LogP contribution in [0.25, 0.3) is 5.57 Å². The molecule has 1 aromatic carbocycles. The predicted molar refractivity (Wildman–Crippen MR) is 50.8 cm³/mol. The summed E-state index contributed by atoms with van der Waals surface area (Å²) in [5.41, 5.74) is 2.27. The van der Waals surface area contributed by atoms with Gasteiger partial charge in [-0.2, -0.15) is 0 Å². The van der Waals surface area contributed by atoms with E-state index in [2.05, 4.69) is 13.5 Å². The maximum atomic E-state index is 5.80. The summed E-state index contributed by atoms with van der Waals surface area (Å²) in [5, 5.41) is 0.775. The number of allylic oxidation sites excluding steroid dienone is 1. The van der Waals surface area contributed by atoms with Crippen molar-refractivity contribution in [3.05, 3.63) is 41.4 Å². The lowest BCUT2D eigenvalue weighted by molar-refractivity contribution is 1.24. The maximum Gasteiger partial charge on any atom is 0.0412 e. The highest BCUT2D eigenvalue weighted by Crippen LogP contribution is 2.19. The molecule has 1 rings (SSSR count). The van der Waals surface area contributed by atoms with E-state index < -0.39 is 0 Å². The quantitative estimate of drug-likeness (QED) is 0.628. The van der Waals surface area contributed by atoms with Crippen LogP contribution in [0.4, 0.5) is 0 Å². The molecule has 0 N–H and O–H groups in total. The van der Waals surface area contributed by atoms with Gasteiger partial charge in [0.25, 0.3) is 0 Å². The summed E-state index contributed by atoms with van der Waals surface area (Å²) in [5.74, 6) is 0. The molecule has 11 heavy (non-hydrogen) atoms. The summed E-state index contributed by atoms with van der Waals surface area (Å²) in [6.07, 6.45) is 0.973. The van der Waals surface area contributed by atoms with Gasteiger partial charge in [-0.15, -0.1) is 0 Å². The molecule has 0 nitrogen and oxygen atoms in total. The van der Waals surface area contributed by atoms with E-state index in [1.807, 2.05) is 24.3 Å². The highest BCUT2D eigenvalue weighted by atomic mass is 35.5. The minimum Gasteiger partial charge on any atom is -0.0952 e. The molecule has 1 heteroatoms. The van der Waals surface area contributed by atoms with Crippen LogP contribution in [0.5, 0.6) is 0 Å². The van der Waals surface area contributed by atoms with Crippen molar-refractivity contribution in [1.29, 1.82) is 0 Å². The molecule has 0 saturated heterocycles. The Morgan fingerprint density at radius 1 is 1.55 bits per heavy atom. The molecule has 1 aromatic rings. The Kier molecular flexibility index (Phi) is 2.72. The van der Waals surface area contributed by atoms with Gasteiger partial charge in [0.15, 0.2) is 0 Å². The van der Waals surface area contributed by atoms with E-state index in [9.17, 15) is 0 Å². The fourth-order valence-corrected chi connectivity index (χ4v) is 1.10. The first-order valence-corrected chi connectivity index (χ1v) is 4.05. The van der Waals surface area contributed by atoms with E-state index >= 15 is 0 Å². The van der Waals surface area contributed by atoms with Gasteiger partial charge >= 0.3 is 0 Å². The van der Waals surface area contributed by atoms with E-state index in [4.69, 9.17) is 11.6 Å². The van der Waals surface area contributed by atoms with Crippen LogP contribution in [-0.4, -0.2) is 0 Å². The van der Waals surface area contributed by atoms with Crippen LogP contribution in [0.15, 0.2) is 30.8 Å². The third kappa shape index (κ3) is 2.09. The fourth-order valence-electron chi connectivity index (χ4n) is 0.913. The van der Waals surface area contributed by atoms with Crippen LogP contribution in [-0.2, 0) is 0 Å². The fraction of sp³-hybridized carbons (Fsp3) is 0.200. The summed E-state index contributed by atoms with van der Waals surface area (Å²) < 4.78 is 0. The third-order valence-corrected chi connectivity index (χ3v) is 1.89. The van der Waals surface area contributed by atoms with Crippen LogP contribution in [0.1, 0.15) is 18.9 Å². The molecule has 0 unspecified atom stereocenters. The molecular weight excluding hydrogens is 156 g/mol. The molecule has 58 valence electrons. The molecule has 0 aliphatic carbocycles. The van der Waals surface area contributed by atoms with Crippen LogP contribution in [0, 0.1) is 0 Å². The Morgan fingerprint density at radius 2 is 2.27 bits per heavy atom. The minimum atomic E-state index is 0.775. The average Bonchev–Trinajstić information content (AvgIpc) is 2.03. The average molecular weight is 167 g/mol. The van der Waals surface area contributed by atoms with Crippen LogP contribution >= 0.6 is 11.6 Å². The Morgan fingerprint density at radius 3 is 2.82 bits per heavy atom. The molecule has 0 aliphatic heterocycles. The first-order valence-electron chi connectivity index (χ1n) is 3.67. The highest BCUT2D eigenvalue weighted by Gasteiger charge is 1.95. The standard InChI is InChI=1S/C10H11Cl/c1-3-8(2)9-5-4-6-10(11)7-9/h4-7H,2-3H2,1H3. The number of hydrogen-bond acceptors (Lipinski definition) is 0. The molecule has 0 saturated carbocycles. The van der Waals surface area contributed by atoms with Gasteiger partial charge in [0, 0.05) is 5.02 Å². The van der Waals surface area contributed by atoms with Crippen LogP contribution in [0.2, 0.25) is 5.02 Å². The van der Waals surface area contributed by atoms with Crippen molar-refractivity contribution in [2.75, 3.05) is 0 Å². The van der Waals surface area contributed by atoms with E-state index in [0.29, 0.717) is 0 Å². The van der Waals surface area contributed by atoms with Gasteiger partial charge in [-0.25, -0.2) is 0 Å². The number of benzene rings is 1. The molecule has 0 spiro atoms. The van der Waals surface area contributed by atoms with Crippen molar-refractivity contribution < 1.29 is 0 Å². The SMILES string of the molecule is C=C(CC)c1cccc(Cl)c1. The predicted octanol–water partition coefficient (Wildman–Crippen LogP) is 3.76. The molecule has 0 heterocycles. The van der Waals surface area contributed by atoms with Crippen molar-refractivity contribution in [2.24, 2.45) is 0 Å². The summed E-state index contributed by atoms with van der Waals surface area (Å²) >= 11 is 5.80. The lowest BCUT2D eigenvalue weighted by Gasteiger charge is -2.01. The monoisotopic (exact) mass is 166 g/mol. The zero-order valence-electron chi connectivity index (χ0n) is 6.60. The second kappa shape index (κ2) is 3.59. The molecule has 0 amide bonds. The summed E-state index contributed by atoms with van der Waals surface area (Å²) in [6, 6.07) is 7.78. The third-order valence-electron chi connectivity index (χ3n) is 1.66. The van der Waals surface area contributed by atoms with Crippen molar-refractivity contribution >= 4 is 17.2 Å². The lowest BCUT2D eigenvalue weighted by atomic mass is 10.1. The first kappa shape index (κ1) is 8.35. The number of rotatable bonds is 2. The van der Waals surface area contributed by atoms with E-state index in [1.165, 1.54) is 0 Å². The largest absolute Gasteiger partial charge is 0.0952 e. The molecular formula is C10H11Cl. The summed E-state index contributed by atoms with van der Waals surface area (Å²) in [4.78, 5) is 0. The molecule has 0 radical (unpaired) electrons. The van der Waals surface area contributed by atoms with E-state index in [-0.39, 0.29) is 0 Å². The first-order chi connectivity index (χ1) is 5.24. The lowest BCUT2D eigenvalue weighted by Crippen LogP contribution is -1.79. The van der Waals surface area contributed by atoms with Crippen molar-refractivity contribution in [3.8, 4) is 0 Å². The van der Waals surface area contributed by atoms with Gasteiger partial charge in [-0.05, 0) is 29.7 Å². The highest BCUT2D eigenvalue weighted by molar-refractivity contribution is 6.30. The normalized spacial score (nSPS) is 9.64. The van der Waals surface area contributed by atoms with E-state index in [1.54, 1.807) is 0 Å². The molecule has 0 aliphatic rings. The maximum absolute atomic E-state index is 5.80. The Labute approximate surface area is 72.5 Å². The zero-order chi connectivity index (χ0) is 8.27. The summed E-state index contributed by atoms with van der Waals surface area (Å²) in [7, 11) is 0. The van der Waals surface area contributed by atoms with Gasteiger partial charge in [0.1, 0.15) is 0 Å². The van der Waals surface area contributed by atoms with Gasteiger partial charge in [-0.3, -0.25) is 0 Å². The van der Waals surface area contributed by atoms with Gasteiger partial charge in [-0.1, -0.05) is 37.2 Å². The topological polar surface area (TPSA) is 0 Å². The van der Waals surface area contributed by atoms with Gasteiger partial charge < -0.3 is 0 Å². The zero-order valence-corrected chi connectivity index (χ0v) is 7.36. The molecule has 0 aromatic heterocycles. The summed E-state index contributed by atoms with van der Waals surface area (Å²) in [6.45, 7) is 6.01. The molecule has 0 fully saturated rings. The molecule has 0 bridgehead atoms. The number of hydrogen-bond donors (Lipinski definition) is 0. The Hall–Kier alpha value is -0.750. The smallest absolute Gasteiger partial charge is 0.0412 e.